The van der Waals surface area contributed by atoms with Crippen LogP contribution >= 0.6 is 0 Å². The van der Waals surface area contributed by atoms with Crippen LogP contribution in [-0.2, 0) is 12.0 Å². The molecule has 0 N–H and O–H groups in total. The van der Waals surface area contributed by atoms with Crippen molar-refractivity contribution in [3.05, 3.63) is 113 Å². The van der Waals surface area contributed by atoms with Gasteiger partial charge in [0.15, 0.2) is 6.67 Å². The predicted molar refractivity (Wildman–Crippen MR) is 167 cm³/mol. The van der Waals surface area contributed by atoms with Crippen LogP contribution in [0, 0.1) is 35.0 Å². The largest absolute Gasteiger partial charge is 0.429 e. The zero-order chi connectivity index (χ0) is 35.5. The first kappa shape index (κ1) is 36.3. The highest BCUT2D eigenvalue weighted by molar-refractivity contribution is 5.72. The molecule has 1 aliphatic rings. The molecule has 1 saturated carbocycles. The molecule has 49 heavy (non-hydrogen) atoms. The first-order valence-corrected chi connectivity index (χ1v) is 16.1. The van der Waals surface area contributed by atoms with Gasteiger partial charge >= 0.3 is 12.0 Å². The van der Waals surface area contributed by atoms with Crippen molar-refractivity contribution in [1.82, 2.24) is 0 Å². The summed E-state index contributed by atoms with van der Waals surface area (Å²) in [6.07, 6.45) is 4.27. The normalized spacial score (nSPS) is 17.0. The summed E-state index contributed by atoms with van der Waals surface area (Å²) in [5, 5.41) is 0. The Morgan fingerprint density at radius 2 is 1.27 bits per heavy atom. The average Bonchev–Trinajstić information content (AvgIpc) is 3.04. The monoisotopic (exact) mass is 696 g/mol. The summed E-state index contributed by atoms with van der Waals surface area (Å²) in [4.78, 5) is 0. The van der Waals surface area contributed by atoms with Gasteiger partial charge < -0.3 is 4.74 Å². The van der Waals surface area contributed by atoms with Crippen LogP contribution in [0.5, 0.6) is 5.75 Å². The van der Waals surface area contributed by atoms with Crippen LogP contribution in [0.2, 0.25) is 0 Å². The van der Waals surface area contributed by atoms with Gasteiger partial charge in [0.05, 0.1) is 11.1 Å². The number of benzene rings is 4. The Kier molecular flexibility index (Phi) is 11.0. The van der Waals surface area contributed by atoms with Gasteiger partial charge in [0.25, 0.3) is 0 Å². The summed E-state index contributed by atoms with van der Waals surface area (Å²) >= 11 is 0. The van der Waals surface area contributed by atoms with Gasteiger partial charge in [-0.25, -0.2) is 26.3 Å². The summed E-state index contributed by atoms with van der Waals surface area (Å²) in [6, 6.07) is 9.98. The minimum atomic E-state index is -4.43. The molecule has 0 amide bonds. The minimum absolute atomic E-state index is 0.0735. The van der Waals surface area contributed by atoms with E-state index in [0.717, 1.165) is 74.6 Å². The Bertz CT molecular complexity index is 1760. The number of hydrogen-bond donors (Lipinski definition) is 0. The second-order valence-electron chi connectivity index (χ2n) is 12.6. The van der Waals surface area contributed by atoms with Crippen molar-refractivity contribution < 1.29 is 48.6 Å². The third-order valence-electron chi connectivity index (χ3n) is 9.19. The van der Waals surface area contributed by atoms with Gasteiger partial charge in [-0.3, -0.25) is 0 Å². The second-order valence-corrected chi connectivity index (χ2v) is 12.6. The molecule has 4 aromatic rings. The molecule has 0 saturated heterocycles. The van der Waals surface area contributed by atoms with Crippen molar-refractivity contribution >= 4 is 0 Å². The molecule has 0 spiro atoms. The van der Waals surface area contributed by atoms with Crippen LogP contribution in [0.15, 0.2) is 66.7 Å². The van der Waals surface area contributed by atoms with E-state index in [2.05, 4.69) is 6.92 Å². The van der Waals surface area contributed by atoms with E-state index < -0.39 is 75.8 Å². The van der Waals surface area contributed by atoms with Crippen molar-refractivity contribution in [3.63, 3.8) is 0 Å². The summed E-state index contributed by atoms with van der Waals surface area (Å²) in [7, 11) is 0. The first-order chi connectivity index (χ1) is 23.2. The highest BCUT2D eigenvalue weighted by atomic mass is 19.3. The molecule has 11 heteroatoms. The molecule has 4 aromatic carbocycles. The van der Waals surface area contributed by atoms with Crippen molar-refractivity contribution in [1.29, 1.82) is 0 Å². The maximum absolute atomic E-state index is 15.1. The fraction of sp³-hybridized carbons (Fsp3) is 0.368. The van der Waals surface area contributed by atoms with Gasteiger partial charge in [-0.05, 0) is 96.7 Å². The first-order valence-electron chi connectivity index (χ1n) is 16.1. The van der Waals surface area contributed by atoms with Crippen molar-refractivity contribution in [2.24, 2.45) is 5.92 Å². The van der Waals surface area contributed by atoms with Crippen LogP contribution in [0.25, 0.3) is 22.3 Å². The zero-order valence-electron chi connectivity index (χ0n) is 26.6. The second kappa shape index (κ2) is 14.8. The van der Waals surface area contributed by atoms with Gasteiger partial charge in [0, 0.05) is 17.2 Å². The molecular formula is C38H34F10O. The van der Waals surface area contributed by atoms with E-state index in [1.165, 1.54) is 25.3 Å². The fourth-order valence-corrected chi connectivity index (χ4v) is 6.55. The third kappa shape index (κ3) is 8.07. The molecule has 1 aliphatic carbocycles. The van der Waals surface area contributed by atoms with Crippen molar-refractivity contribution in [2.45, 2.75) is 76.2 Å². The third-order valence-corrected chi connectivity index (χ3v) is 9.19. The number of alkyl halides is 5. The maximum Gasteiger partial charge on any atom is 0.429 e. The van der Waals surface area contributed by atoms with Gasteiger partial charge in [-0.1, -0.05) is 50.8 Å². The molecule has 0 bridgehead atoms. The summed E-state index contributed by atoms with van der Waals surface area (Å²) in [5.41, 5.74) is -3.43. The van der Waals surface area contributed by atoms with Gasteiger partial charge in [0.1, 0.15) is 34.8 Å². The topological polar surface area (TPSA) is 9.23 Å². The number of rotatable bonds is 12. The van der Waals surface area contributed by atoms with E-state index in [1.807, 2.05) is 0 Å². The lowest BCUT2D eigenvalue weighted by Crippen LogP contribution is -2.24. The maximum atomic E-state index is 15.1. The molecule has 0 unspecified atom stereocenters. The van der Waals surface area contributed by atoms with Crippen LogP contribution in [0.4, 0.5) is 43.9 Å². The zero-order valence-corrected chi connectivity index (χ0v) is 26.6. The lowest BCUT2D eigenvalue weighted by Gasteiger charge is -2.29. The quantitative estimate of drug-likeness (QED) is 0.106. The molecule has 1 nitrogen and oxygen atoms in total. The summed E-state index contributed by atoms with van der Waals surface area (Å²) < 4.78 is 149. The highest BCUT2D eigenvalue weighted by Gasteiger charge is 2.39. The molecule has 1 fully saturated rings. The molecule has 262 valence electrons. The van der Waals surface area contributed by atoms with E-state index in [9.17, 15) is 22.0 Å². The van der Waals surface area contributed by atoms with Crippen LogP contribution < -0.4 is 4.74 Å². The summed E-state index contributed by atoms with van der Waals surface area (Å²) in [5.74, 6) is -11.3. The Labute approximate surface area is 277 Å². The van der Waals surface area contributed by atoms with Gasteiger partial charge in [0.2, 0.25) is 0 Å². The predicted octanol–water partition coefficient (Wildman–Crippen LogP) is 12.8. The van der Waals surface area contributed by atoms with Crippen LogP contribution in [0.1, 0.15) is 80.9 Å². The van der Waals surface area contributed by atoms with Crippen molar-refractivity contribution in [2.75, 3.05) is 6.67 Å². The Balaban J connectivity index is 1.28. The summed E-state index contributed by atoms with van der Waals surface area (Å²) in [6.45, 7) is -0.193. The number of hydrogen-bond acceptors (Lipinski definition) is 1. The number of unbranched alkanes of at least 4 members (excludes halogenated alkanes) is 2. The number of ether oxygens (including phenoxy) is 1. The highest BCUT2D eigenvalue weighted by Crippen LogP contribution is 2.41. The average molecular weight is 697 g/mol. The van der Waals surface area contributed by atoms with Gasteiger partial charge in [-0.2, -0.15) is 17.6 Å². The Morgan fingerprint density at radius 1 is 0.653 bits per heavy atom. The minimum Gasteiger partial charge on any atom is -0.429 e. The van der Waals surface area contributed by atoms with E-state index >= 15 is 22.0 Å². The molecule has 0 aromatic heterocycles. The van der Waals surface area contributed by atoms with E-state index in [1.54, 1.807) is 0 Å². The van der Waals surface area contributed by atoms with Crippen molar-refractivity contribution in [3.8, 4) is 28.0 Å². The molecule has 0 heterocycles. The molecular weight excluding hydrogens is 662 g/mol. The molecule has 0 aliphatic heterocycles. The molecule has 0 radical (unpaired) electrons. The van der Waals surface area contributed by atoms with E-state index in [-0.39, 0.29) is 17.0 Å². The fourth-order valence-electron chi connectivity index (χ4n) is 6.55. The molecule has 0 atom stereocenters. The molecule has 5 rings (SSSR count). The standard InChI is InChI=1S/C38H34F10O/c1-2-3-4-5-22-6-8-23(9-7-22)24-11-15-30(33(42)16-24)38(47,48)49-27-12-14-28(32(41)20-27)25-10-13-29(31(40)17-25)26-18-34(43)36(35(44)19-26)37(45,46)21-39/h10-20,22-23H,2-9,21H2,1H3. The lowest BCUT2D eigenvalue weighted by molar-refractivity contribution is -0.187. The van der Waals surface area contributed by atoms with E-state index in [0.29, 0.717) is 29.7 Å². The van der Waals surface area contributed by atoms with Crippen LogP contribution in [-0.4, -0.2) is 6.67 Å². The van der Waals surface area contributed by atoms with Gasteiger partial charge in [-0.15, -0.1) is 0 Å². The number of halogens is 10. The smallest absolute Gasteiger partial charge is 0.429 e. The Morgan fingerprint density at radius 3 is 1.86 bits per heavy atom. The Hall–Kier alpha value is -4.02. The lowest BCUT2D eigenvalue weighted by atomic mass is 9.77. The van der Waals surface area contributed by atoms with Crippen LogP contribution in [0.3, 0.4) is 0 Å². The van der Waals surface area contributed by atoms with E-state index in [4.69, 9.17) is 4.74 Å². The SMILES string of the molecule is CCCCCC1CCC(c2ccc(C(F)(F)Oc3ccc(-c4ccc(-c5cc(F)c(C(F)(F)CF)c(F)c5)c(F)c4)c(F)c3)c(F)c2)CC1.